The number of halogens is 1. The lowest BCUT2D eigenvalue weighted by molar-refractivity contribution is 0.414. The van der Waals surface area contributed by atoms with E-state index < -0.39 is 0 Å². The van der Waals surface area contributed by atoms with Crippen LogP contribution in [0.5, 0.6) is 11.5 Å². The minimum Gasteiger partial charge on any atom is -0.497 e. The van der Waals surface area contributed by atoms with E-state index in [-0.39, 0.29) is 0 Å². The average molecular weight is 419 g/mol. The summed E-state index contributed by atoms with van der Waals surface area (Å²) in [5.74, 6) is 2.10. The molecule has 1 heterocycles. The van der Waals surface area contributed by atoms with E-state index in [2.05, 4.69) is 31.2 Å². The minimum atomic E-state index is 0.399. The molecule has 0 amide bonds. The molecule has 0 aliphatic heterocycles. The van der Waals surface area contributed by atoms with E-state index in [1.54, 1.807) is 25.1 Å². The van der Waals surface area contributed by atoms with Gasteiger partial charge in [0.2, 0.25) is 4.77 Å². The summed E-state index contributed by atoms with van der Waals surface area (Å²) in [6.45, 7) is 0. The molecule has 6 nitrogen and oxygen atoms in total. The molecule has 3 aromatic rings. The maximum Gasteiger partial charge on any atom is 0.216 e. The van der Waals surface area contributed by atoms with Crippen molar-refractivity contribution in [3.05, 3.63) is 57.3 Å². The summed E-state index contributed by atoms with van der Waals surface area (Å²) in [6, 6.07) is 13.2. The van der Waals surface area contributed by atoms with Gasteiger partial charge in [0.05, 0.1) is 20.4 Å². The third kappa shape index (κ3) is 3.80. The topological polar surface area (TPSA) is 64.4 Å². The molecule has 0 unspecified atom stereocenters. The van der Waals surface area contributed by atoms with Crippen molar-refractivity contribution in [3.63, 3.8) is 0 Å². The van der Waals surface area contributed by atoms with Gasteiger partial charge in [0.15, 0.2) is 5.82 Å². The highest BCUT2D eigenvalue weighted by Crippen LogP contribution is 2.23. The second-order valence-corrected chi connectivity index (χ2v) is 6.33. The Morgan fingerprint density at radius 3 is 2.60 bits per heavy atom. The molecule has 0 aliphatic carbocycles. The predicted octanol–water partition coefficient (Wildman–Crippen LogP) is 4.27. The lowest BCUT2D eigenvalue weighted by Gasteiger charge is -2.05. The number of ether oxygens (including phenoxy) is 2. The highest BCUT2D eigenvalue weighted by Gasteiger charge is 2.09. The van der Waals surface area contributed by atoms with E-state index in [0.717, 1.165) is 21.3 Å². The van der Waals surface area contributed by atoms with Crippen LogP contribution in [0.4, 0.5) is 0 Å². The lowest BCUT2D eigenvalue weighted by atomic mass is 10.2. The Bertz CT molecular complexity index is 964. The van der Waals surface area contributed by atoms with Crippen molar-refractivity contribution < 1.29 is 9.47 Å². The molecule has 0 bridgehead atoms. The number of hydrogen-bond acceptors (Lipinski definition) is 5. The molecule has 0 radical (unpaired) electrons. The summed E-state index contributed by atoms with van der Waals surface area (Å²) < 4.78 is 13.4. The van der Waals surface area contributed by atoms with Gasteiger partial charge in [0.25, 0.3) is 0 Å². The van der Waals surface area contributed by atoms with Crippen LogP contribution in [0, 0.1) is 4.77 Å². The van der Waals surface area contributed by atoms with E-state index in [4.69, 9.17) is 21.7 Å². The third-order valence-corrected chi connectivity index (χ3v) is 4.26. The molecule has 25 heavy (non-hydrogen) atoms. The largest absolute Gasteiger partial charge is 0.497 e. The van der Waals surface area contributed by atoms with Gasteiger partial charge < -0.3 is 9.47 Å². The molecule has 8 heteroatoms. The first-order chi connectivity index (χ1) is 12.1. The van der Waals surface area contributed by atoms with Crippen LogP contribution >= 0.6 is 28.1 Å². The summed E-state index contributed by atoms with van der Waals surface area (Å²) in [5, 5.41) is 11.5. The maximum absolute atomic E-state index is 5.36. The Morgan fingerprint density at radius 1 is 1.16 bits per heavy atom. The number of aromatic amines is 1. The van der Waals surface area contributed by atoms with Crippen LogP contribution in [0.15, 0.2) is 52.0 Å². The smallest absolute Gasteiger partial charge is 0.216 e. The van der Waals surface area contributed by atoms with Crippen LogP contribution in [0.25, 0.3) is 11.4 Å². The number of rotatable bonds is 5. The SMILES string of the molecule is COc1ccc(-c2n[nH]c(=S)n2/N=C/c2cc(Br)ccc2OC)cc1. The van der Waals surface area contributed by atoms with E-state index in [9.17, 15) is 0 Å². The van der Waals surface area contributed by atoms with Crippen molar-refractivity contribution in [2.24, 2.45) is 5.10 Å². The van der Waals surface area contributed by atoms with Crippen LogP contribution in [0.1, 0.15) is 5.56 Å². The first-order valence-corrected chi connectivity index (χ1v) is 8.52. The normalized spacial score (nSPS) is 11.0. The van der Waals surface area contributed by atoms with Crippen molar-refractivity contribution in [1.29, 1.82) is 0 Å². The Hall–Kier alpha value is -2.45. The molecule has 128 valence electrons. The average Bonchev–Trinajstić information content (AvgIpc) is 3.00. The predicted molar refractivity (Wildman–Crippen MR) is 103 cm³/mol. The van der Waals surface area contributed by atoms with E-state index in [0.29, 0.717) is 16.3 Å². The summed E-state index contributed by atoms with van der Waals surface area (Å²) >= 11 is 8.74. The van der Waals surface area contributed by atoms with Crippen LogP contribution in [-0.4, -0.2) is 35.3 Å². The first kappa shape index (κ1) is 17.4. The Kier molecular flexibility index (Phi) is 5.30. The van der Waals surface area contributed by atoms with Gasteiger partial charge in [-0.2, -0.15) is 14.9 Å². The zero-order chi connectivity index (χ0) is 17.8. The van der Waals surface area contributed by atoms with Crippen LogP contribution in [-0.2, 0) is 0 Å². The van der Waals surface area contributed by atoms with Gasteiger partial charge in [-0.05, 0) is 54.7 Å². The monoisotopic (exact) mass is 418 g/mol. The molecule has 0 fully saturated rings. The van der Waals surface area contributed by atoms with Crippen molar-refractivity contribution in [1.82, 2.24) is 14.9 Å². The van der Waals surface area contributed by atoms with Crippen LogP contribution in [0.2, 0.25) is 0 Å². The second kappa shape index (κ2) is 7.62. The molecule has 2 aromatic carbocycles. The maximum atomic E-state index is 5.36. The Morgan fingerprint density at radius 2 is 1.92 bits per heavy atom. The van der Waals surface area contributed by atoms with Gasteiger partial charge >= 0.3 is 0 Å². The quantitative estimate of drug-likeness (QED) is 0.496. The fourth-order valence-corrected chi connectivity index (χ4v) is 2.81. The van der Waals surface area contributed by atoms with E-state index in [1.807, 2.05) is 42.5 Å². The van der Waals surface area contributed by atoms with Gasteiger partial charge in [0, 0.05) is 15.6 Å². The number of H-pyrrole nitrogens is 1. The summed E-state index contributed by atoms with van der Waals surface area (Å²) in [5.41, 5.74) is 1.69. The van der Waals surface area contributed by atoms with Gasteiger partial charge in [-0.3, -0.25) is 0 Å². The molecule has 0 atom stereocenters. The third-order valence-electron chi connectivity index (χ3n) is 3.50. The van der Waals surface area contributed by atoms with E-state index >= 15 is 0 Å². The minimum absolute atomic E-state index is 0.399. The molecule has 1 N–H and O–H groups in total. The zero-order valence-corrected chi connectivity index (χ0v) is 16.0. The number of benzene rings is 2. The van der Waals surface area contributed by atoms with Crippen molar-refractivity contribution in [2.45, 2.75) is 0 Å². The first-order valence-electron chi connectivity index (χ1n) is 7.32. The Labute approximate surface area is 158 Å². The van der Waals surface area contributed by atoms with Crippen molar-refractivity contribution in [3.8, 4) is 22.9 Å². The van der Waals surface area contributed by atoms with Gasteiger partial charge in [-0.15, -0.1) is 0 Å². The van der Waals surface area contributed by atoms with Crippen LogP contribution in [0.3, 0.4) is 0 Å². The molecule has 0 saturated carbocycles. The van der Waals surface area contributed by atoms with Gasteiger partial charge in [-0.1, -0.05) is 15.9 Å². The molecule has 0 saturated heterocycles. The molecule has 3 rings (SSSR count). The highest BCUT2D eigenvalue weighted by molar-refractivity contribution is 9.10. The molecular weight excluding hydrogens is 404 g/mol. The number of aromatic nitrogens is 3. The van der Waals surface area contributed by atoms with Gasteiger partial charge in [-0.25, -0.2) is 5.10 Å². The second-order valence-electron chi connectivity index (χ2n) is 5.02. The standard InChI is InChI=1S/C17H15BrN4O2S/c1-23-14-6-3-11(4-7-14)16-20-21-17(25)22(16)19-10-12-9-13(18)5-8-15(12)24-2/h3-10H,1-2H3,(H,21,25)/b19-10+. The van der Waals surface area contributed by atoms with E-state index in [1.165, 1.54) is 0 Å². The summed E-state index contributed by atoms with van der Waals surface area (Å²) in [6.07, 6.45) is 1.68. The number of nitrogens with zero attached hydrogens (tertiary/aromatic N) is 3. The fourth-order valence-electron chi connectivity index (χ4n) is 2.25. The Balaban J connectivity index is 2.00. The van der Waals surface area contributed by atoms with Crippen molar-refractivity contribution in [2.75, 3.05) is 14.2 Å². The molecule has 0 aliphatic rings. The number of hydrogen-bond donors (Lipinski definition) is 1. The fraction of sp³-hybridized carbons (Fsp3) is 0.118. The zero-order valence-electron chi connectivity index (χ0n) is 13.6. The summed E-state index contributed by atoms with van der Waals surface area (Å²) in [7, 11) is 3.24. The molecule has 1 aromatic heterocycles. The number of methoxy groups -OCH3 is 2. The van der Waals surface area contributed by atoms with Crippen molar-refractivity contribution >= 4 is 34.4 Å². The molecular formula is C17H15BrN4O2S. The highest BCUT2D eigenvalue weighted by atomic mass is 79.9. The lowest BCUT2D eigenvalue weighted by Crippen LogP contribution is -1.97. The number of nitrogens with one attached hydrogen (secondary N) is 1. The van der Waals surface area contributed by atoms with Gasteiger partial charge in [0.1, 0.15) is 11.5 Å². The summed E-state index contributed by atoms with van der Waals surface area (Å²) in [4.78, 5) is 0. The molecule has 0 spiro atoms. The van der Waals surface area contributed by atoms with Crippen LogP contribution < -0.4 is 9.47 Å².